The Morgan fingerprint density at radius 2 is 1.95 bits per heavy atom. The Kier molecular flexibility index (Phi) is 6.24. The van der Waals surface area contributed by atoms with Crippen molar-refractivity contribution in [2.24, 2.45) is 7.05 Å². The van der Waals surface area contributed by atoms with Crippen molar-refractivity contribution in [2.45, 2.75) is 38.0 Å². The van der Waals surface area contributed by atoms with Crippen molar-refractivity contribution in [3.05, 3.63) is 59.4 Å². The fourth-order valence-electron chi connectivity index (χ4n) is 3.40. The van der Waals surface area contributed by atoms with Crippen molar-refractivity contribution in [2.75, 3.05) is 7.11 Å². The zero-order chi connectivity index (χ0) is 14.7. The van der Waals surface area contributed by atoms with E-state index in [1.807, 2.05) is 0 Å². The van der Waals surface area contributed by atoms with Crippen LogP contribution in [0.25, 0.3) is 0 Å². The van der Waals surface area contributed by atoms with Gasteiger partial charge in [-0.15, -0.1) is 0 Å². The average molecular weight is 409 g/mol. The van der Waals surface area contributed by atoms with Crippen molar-refractivity contribution in [3.8, 4) is 5.75 Å². The highest BCUT2D eigenvalue weighted by Gasteiger charge is 2.21. The minimum absolute atomic E-state index is 0. The summed E-state index contributed by atoms with van der Waals surface area (Å²) >= 11 is 0. The molecule has 3 rings (SSSR count). The van der Waals surface area contributed by atoms with Gasteiger partial charge in [0.05, 0.1) is 7.11 Å². The van der Waals surface area contributed by atoms with Gasteiger partial charge in [0.15, 0.2) is 12.4 Å². The molecule has 1 aliphatic carbocycles. The van der Waals surface area contributed by atoms with E-state index >= 15 is 0 Å². The highest BCUT2D eigenvalue weighted by molar-refractivity contribution is 5.30. The number of hydrogen-bond donors (Lipinski definition) is 0. The Hall–Kier alpha value is -1.10. The lowest BCUT2D eigenvalue weighted by atomic mass is 9.81. The molecule has 0 N–H and O–H groups in total. The Bertz CT molecular complexity index is 609. The fourth-order valence-corrected chi connectivity index (χ4v) is 3.40. The van der Waals surface area contributed by atoms with E-state index in [0.717, 1.165) is 18.1 Å². The Morgan fingerprint density at radius 3 is 2.68 bits per heavy atom. The lowest BCUT2D eigenvalue weighted by molar-refractivity contribution is -0.672. The second-order valence-corrected chi connectivity index (χ2v) is 6.07. The number of benzene rings is 1. The van der Waals surface area contributed by atoms with Gasteiger partial charge in [-0.1, -0.05) is 12.1 Å². The van der Waals surface area contributed by atoms with Crippen LogP contribution in [0.4, 0.5) is 0 Å². The van der Waals surface area contributed by atoms with Crippen LogP contribution in [0, 0.1) is 0 Å². The van der Waals surface area contributed by atoms with Crippen LogP contribution in [0.15, 0.2) is 42.7 Å². The number of rotatable bonds is 4. The first kappa shape index (κ1) is 17.3. The van der Waals surface area contributed by atoms with Crippen LogP contribution < -0.4 is 33.3 Å². The molecule has 1 aliphatic rings. The zero-order valence-corrected chi connectivity index (χ0v) is 15.5. The van der Waals surface area contributed by atoms with Crippen molar-refractivity contribution < 1.29 is 33.3 Å². The highest BCUT2D eigenvalue weighted by atomic mass is 127. The molecule has 1 aromatic heterocycles. The number of fused-ring (bicyclic) bond motifs is 1. The Morgan fingerprint density at radius 1 is 1.18 bits per heavy atom. The van der Waals surface area contributed by atoms with Crippen LogP contribution in [0.2, 0.25) is 0 Å². The molecule has 0 spiro atoms. The maximum Gasteiger partial charge on any atom is 0.171 e. The van der Waals surface area contributed by atoms with Gasteiger partial charge in [0.25, 0.3) is 0 Å². The van der Waals surface area contributed by atoms with Crippen molar-refractivity contribution in [1.82, 2.24) is 0 Å². The minimum Gasteiger partial charge on any atom is -1.00 e. The largest absolute Gasteiger partial charge is 1.00 e. The van der Waals surface area contributed by atoms with E-state index in [1.54, 1.807) is 18.2 Å². The van der Waals surface area contributed by atoms with Crippen LogP contribution in [-0.4, -0.2) is 7.11 Å². The van der Waals surface area contributed by atoms with Gasteiger partial charge in [-0.3, -0.25) is 0 Å². The van der Waals surface area contributed by atoms with Crippen LogP contribution >= 0.6 is 0 Å². The SMILES string of the molecule is COc1ccc(CCC2CCCc3c[n+](C)ccc32)cc1.[I-]. The molecule has 1 atom stereocenters. The summed E-state index contributed by atoms with van der Waals surface area (Å²) in [7, 11) is 3.83. The third-order valence-electron chi connectivity index (χ3n) is 4.60. The van der Waals surface area contributed by atoms with Crippen molar-refractivity contribution in [1.29, 1.82) is 0 Å². The lowest BCUT2D eigenvalue weighted by Crippen LogP contribution is -3.00. The van der Waals surface area contributed by atoms with Gasteiger partial charge in [0, 0.05) is 11.6 Å². The molecule has 1 unspecified atom stereocenters. The van der Waals surface area contributed by atoms with Crippen molar-refractivity contribution in [3.63, 3.8) is 0 Å². The third kappa shape index (κ3) is 4.00. The van der Waals surface area contributed by atoms with Gasteiger partial charge < -0.3 is 28.7 Å². The van der Waals surface area contributed by atoms with Gasteiger partial charge in [0.2, 0.25) is 0 Å². The first-order chi connectivity index (χ1) is 10.3. The predicted molar refractivity (Wildman–Crippen MR) is 84.6 cm³/mol. The molecule has 2 nitrogen and oxygen atoms in total. The molecule has 0 saturated carbocycles. The monoisotopic (exact) mass is 409 g/mol. The molecular formula is C19H24INO. The molecule has 0 fully saturated rings. The first-order valence-electron chi connectivity index (χ1n) is 7.87. The van der Waals surface area contributed by atoms with E-state index in [4.69, 9.17) is 4.74 Å². The molecule has 0 saturated heterocycles. The molecule has 0 aliphatic heterocycles. The number of nitrogens with zero attached hydrogens (tertiary/aromatic N) is 1. The Balaban J connectivity index is 0.00000176. The van der Waals surface area contributed by atoms with E-state index < -0.39 is 0 Å². The van der Waals surface area contributed by atoms with Gasteiger partial charge in [-0.25, -0.2) is 4.57 Å². The minimum atomic E-state index is 0. The summed E-state index contributed by atoms with van der Waals surface area (Å²) in [6.07, 6.45) is 10.8. The number of ether oxygens (including phenoxy) is 1. The average Bonchev–Trinajstić information content (AvgIpc) is 2.53. The molecular weight excluding hydrogens is 385 g/mol. The maximum absolute atomic E-state index is 5.22. The smallest absolute Gasteiger partial charge is 0.171 e. The van der Waals surface area contributed by atoms with E-state index in [-0.39, 0.29) is 24.0 Å². The summed E-state index contributed by atoms with van der Waals surface area (Å²) in [5.41, 5.74) is 4.53. The second-order valence-electron chi connectivity index (χ2n) is 6.07. The van der Waals surface area contributed by atoms with E-state index in [1.165, 1.54) is 31.2 Å². The normalized spacial score (nSPS) is 16.5. The molecule has 3 heteroatoms. The molecule has 1 aromatic carbocycles. The molecule has 22 heavy (non-hydrogen) atoms. The summed E-state index contributed by atoms with van der Waals surface area (Å²) in [5, 5.41) is 0. The van der Waals surface area contributed by atoms with Gasteiger partial charge >= 0.3 is 0 Å². The highest BCUT2D eigenvalue weighted by Crippen LogP contribution is 2.34. The number of halogens is 1. The number of aryl methyl sites for hydroxylation is 3. The second kappa shape index (κ2) is 7.95. The number of methoxy groups -OCH3 is 1. The quantitative estimate of drug-likeness (QED) is 0.532. The predicted octanol–water partition coefficient (Wildman–Crippen LogP) is 0.576. The lowest BCUT2D eigenvalue weighted by Gasteiger charge is -2.24. The first-order valence-corrected chi connectivity index (χ1v) is 7.87. The van der Waals surface area contributed by atoms with Gasteiger partial charge in [0.1, 0.15) is 12.8 Å². The third-order valence-corrected chi connectivity index (χ3v) is 4.60. The topological polar surface area (TPSA) is 13.1 Å². The molecule has 1 heterocycles. The zero-order valence-electron chi connectivity index (χ0n) is 13.4. The number of pyridine rings is 1. The van der Waals surface area contributed by atoms with Crippen LogP contribution in [-0.2, 0) is 19.9 Å². The number of hydrogen-bond acceptors (Lipinski definition) is 1. The molecule has 118 valence electrons. The Labute approximate surface area is 150 Å². The molecule has 2 aromatic rings. The summed E-state index contributed by atoms with van der Waals surface area (Å²) in [6.45, 7) is 0. The number of aromatic nitrogens is 1. The summed E-state index contributed by atoms with van der Waals surface area (Å²) in [6, 6.07) is 10.8. The van der Waals surface area contributed by atoms with E-state index in [2.05, 4.69) is 54.3 Å². The standard InChI is InChI=1S/C19H24NO.HI/c1-20-13-12-19-16(4-3-5-17(19)14-20)9-6-15-7-10-18(21-2)11-8-15;/h7-8,10-14,16H,3-6,9H2,1-2H3;1H/q+1;/p-1. The summed E-state index contributed by atoms with van der Waals surface area (Å²) in [5.74, 6) is 1.66. The maximum atomic E-state index is 5.22. The summed E-state index contributed by atoms with van der Waals surface area (Å²) in [4.78, 5) is 0. The molecule has 0 amide bonds. The van der Waals surface area contributed by atoms with Crippen LogP contribution in [0.1, 0.15) is 41.9 Å². The van der Waals surface area contributed by atoms with Gasteiger partial charge in [-0.05, 0) is 61.3 Å². The molecule has 0 bridgehead atoms. The van der Waals surface area contributed by atoms with Crippen LogP contribution in [0.5, 0.6) is 5.75 Å². The fraction of sp³-hybridized carbons (Fsp3) is 0.421. The van der Waals surface area contributed by atoms with E-state index in [9.17, 15) is 0 Å². The van der Waals surface area contributed by atoms with E-state index in [0.29, 0.717) is 0 Å². The van der Waals surface area contributed by atoms with Gasteiger partial charge in [-0.2, -0.15) is 0 Å². The summed E-state index contributed by atoms with van der Waals surface area (Å²) < 4.78 is 7.39. The van der Waals surface area contributed by atoms with Crippen molar-refractivity contribution >= 4 is 0 Å². The molecule has 0 radical (unpaired) electrons. The van der Waals surface area contributed by atoms with Crippen LogP contribution in [0.3, 0.4) is 0 Å².